The highest BCUT2D eigenvalue weighted by Crippen LogP contribution is 2.14. The van der Waals surface area contributed by atoms with Crippen molar-refractivity contribution in [2.24, 2.45) is 0 Å². The molecule has 0 bridgehead atoms. The Morgan fingerprint density at radius 2 is 1.95 bits per heavy atom. The monoisotopic (exact) mass is 322 g/mol. The Balaban J connectivity index is 1.75. The maximum Gasteiger partial charge on any atom is 0.225 e. The number of quaternary nitrogens is 1. The van der Waals surface area contributed by atoms with Gasteiger partial charge in [0.25, 0.3) is 0 Å². The van der Waals surface area contributed by atoms with Crippen molar-refractivity contribution in [1.82, 2.24) is 19.8 Å². The first kappa shape index (κ1) is 15.1. The number of nitrogens with one attached hydrogen (secondary N) is 1. The first-order chi connectivity index (χ1) is 10.7. The third-order valence-corrected chi connectivity index (χ3v) is 4.38. The molecule has 1 aromatic heterocycles. The minimum atomic E-state index is -0.160. The molecule has 22 heavy (non-hydrogen) atoms. The number of tetrazole rings is 1. The fourth-order valence-corrected chi connectivity index (χ4v) is 2.88. The van der Waals surface area contributed by atoms with Crippen LogP contribution in [0, 0.1) is 4.77 Å². The van der Waals surface area contributed by atoms with Crippen LogP contribution in [-0.2, 0) is 6.67 Å². The van der Waals surface area contributed by atoms with Gasteiger partial charge in [-0.1, -0.05) is 0 Å². The molecule has 2 heterocycles. The molecule has 8 heteroatoms. The quantitative estimate of drug-likeness (QED) is 0.763. The van der Waals surface area contributed by atoms with Crippen molar-refractivity contribution in [2.45, 2.75) is 25.6 Å². The largest absolute Gasteiger partial charge is 0.497 e. The van der Waals surface area contributed by atoms with Gasteiger partial charge in [0.2, 0.25) is 4.77 Å². The van der Waals surface area contributed by atoms with Crippen LogP contribution in [0.15, 0.2) is 24.3 Å². The van der Waals surface area contributed by atoms with Gasteiger partial charge in [-0.3, -0.25) is 0 Å². The standard InChI is InChI=1S/C14H19N5O2S/c1-21-13-4-2-11(3-5-13)19-14(22)18(15-16-19)10-17-8-6-12(20)7-9-17/h2-5,12,20H,6-10H2,1H3/p+1. The molecule has 1 fully saturated rings. The minimum Gasteiger partial charge on any atom is -0.497 e. The number of nitrogens with zero attached hydrogens (tertiary/aromatic N) is 4. The molecule has 0 amide bonds. The maximum atomic E-state index is 9.56. The number of aliphatic hydroxyl groups excluding tert-OH is 1. The molecule has 0 aliphatic carbocycles. The van der Waals surface area contributed by atoms with E-state index < -0.39 is 0 Å². The van der Waals surface area contributed by atoms with E-state index in [1.54, 1.807) is 16.5 Å². The first-order valence-electron chi connectivity index (χ1n) is 7.36. The van der Waals surface area contributed by atoms with Crippen LogP contribution in [0.5, 0.6) is 5.75 Å². The third kappa shape index (κ3) is 3.18. The molecular formula is C14H20N5O2S+. The summed E-state index contributed by atoms with van der Waals surface area (Å²) >= 11 is 5.47. The normalized spacial score (nSPS) is 21.7. The van der Waals surface area contributed by atoms with Gasteiger partial charge in [0.05, 0.1) is 32.0 Å². The molecule has 3 rings (SSSR count). The summed E-state index contributed by atoms with van der Waals surface area (Å²) in [5.41, 5.74) is 0.862. The van der Waals surface area contributed by atoms with Crippen molar-refractivity contribution in [1.29, 1.82) is 0 Å². The smallest absolute Gasteiger partial charge is 0.225 e. The second kappa shape index (κ2) is 6.55. The number of aromatic nitrogens is 4. The fourth-order valence-electron chi connectivity index (χ4n) is 2.64. The highest BCUT2D eigenvalue weighted by molar-refractivity contribution is 7.71. The maximum absolute atomic E-state index is 9.56. The van der Waals surface area contributed by atoms with Gasteiger partial charge >= 0.3 is 0 Å². The number of benzene rings is 1. The highest BCUT2D eigenvalue weighted by Gasteiger charge is 2.21. The van der Waals surface area contributed by atoms with E-state index in [2.05, 4.69) is 10.4 Å². The molecule has 0 atom stereocenters. The van der Waals surface area contributed by atoms with E-state index in [4.69, 9.17) is 17.0 Å². The number of aliphatic hydroxyl groups is 1. The Hall–Kier alpha value is -1.77. The zero-order chi connectivity index (χ0) is 15.5. The molecule has 118 valence electrons. The summed E-state index contributed by atoms with van der Waals surface area (Å²) in [7, 11) is 1.63. The molecule has 1 aromatic carbocycles. The minimum absolute atomic E-state index is 0.160. The van der Waals surface area contributed by atoms with Gasteiger partial charge in [0.1, 0.15) is 5.75 Å². The molecule has 0 radical (unpaired) electrons. The average Bonchev–Trinajstić information content (AvgIpc) is 2.91. The number of ether oxygens (including phenoxy) is 1. The fraction of sp³-hybridized carbons (Fsp3) is 0.500. The van der Waals surface area contributed by atoms with E-state index in [0.29, 0.717) is 11.4 Å². The lowest BCUT2D eigenvalue weighted by molar-refractivity contribution is -0.929. The molecular weight excluding hydrogens is 302 g/mol. The number of rotatable bonds is 4. The van der Waals surface area contributed by atoms with Crippen molar-refractivity contribution in [3.63, 3.8) is 0 Å². The van der Waals surface area contributed by atoms with E-state index >= 15 is 0 Å². The summed E-state index contributed by atoms with van der Waals surface area (Å²) in [5, 5.41) is 17.9. The van der Waals surface area contributed by atoms with Crippen LogP contribution in [-0.4, -0.2) is 51.2 Å². The van der Waals surface area contributed by atoms with Gasteiger partial charge in [0, 0.05) is 12.8 Å². The van der Waals surface area contributed by atoms with Crippen molar-refractivity contribution >= 4 is 12.2 Å². The molecule has 1 aliphatic rings. The van der Waals surface area contributed by atoms with E-state index in [0.717, 1.165) is 37.4 Å². The summed E-state index contributed by atoms with van der Waals surface area (Å²) in [4.78, 5) is 1.36. The summed E-state index contributed by atoms with van der Waals surface area (Å²) in [6.07, 6.45) is 1.50. The zero-order valence-corrected chi connectivity index (χ0v) is 13.3. The van der Waals surface area contributed by atoms with Gasteiger partial charge < -0.3 is 14.7 Å². The predicted molar refractivity (Wildman–Crippen MR) is 82.7 cm³/mol. The van der Waals surface area contributed by atoms with E-state index in [-0.39, 0.29) is 6.10 Å². The summed E-state index contributed by atoms with van der Waals surface area (Å²) < 4.78 is 9.11. The van der Waals surface area contributed by atoms with Crippen molar-refractivity contribution in [3.05, 3.63) is 29.0 Å². The first-order valence-corrected chi connectivity index (χ1v) is 7.77. The number of methoxy groups -OCH3 is 1. The molecule has 2 N–H and O–H groups in total. The second-order valence-electron chi connectivity index (χ2n) is 5.51. The second-order valence-corrected chi connectivity index (χ2v) is 5.88. The van der Waals surface area contributed by atoms with E-state index in [1.165, 1.54) is 4.90 Å². The Kier molecular flexibility index (Phi) is 4.51. The Morgan fingerprint density at radius 3 is 2.59 bits per heavy atom. The lowest BCUT2D eigenvalue weighted by atomic mass is 10.1. The number of hydrogen-bond donors (Lipinski definition) is 2. The molecule has 0 saturated carbocycles. The van der Waals surface area contributed by atoms with Crippen LogP contribution in [0.25, 0.3) is 5.69 Å². The summed E-state index contributed by atoms with van der Waals surface area (Å²) in [5.74, 6) is 0.791. The van der Waals surface area contributed by atoms with Crippen molar-refractivity contribution in [3.8, 4) is 11.4 Å². The summed E-state index contributed by atoms with van der Waals surface area (Å²) in [6, 6.07) is 7.54. The van der Waals surface area contributed by atoms with Crippen LogP contribution < -0.4 is 9.64 Å². The zero-order valence-electron chi connectivity index (χ0n) is 12.5. The van der Waals surface area contributed by atoms with Gasteiger partial charge in [0.15, 0.2) is 6.67 Å². The number of piperidine rings is 1. The number of likely N-dealkylation sites (tertiary alicyclic amines) is 1. The molecule has 1 aliphatic heterocycles. The van der Waals surface area contributed by atoms with Crippen molar-refractivity contribution in [2.75, 3.05) is 20.2 Å². The van der Waals surface area contributed by atoms with Crippen LogP contribution in [0.3, 0.4) is 0 Å². The molecule has 1 saturated heterocycles. The van der Waals surface area contributed by atoms with E-state index in [9.17, 15) is 5.11 Å². The topological polar surface area (TPSA) is 69.5 Å². The van der Waals surface area contributed by atoms with E-state index in [1.807, 2.05) is 24.3 Å². The molecule has 0 unspecified atom stereocenters. The van der Waals surface area contributed by atoms with Crippen LogP contribution >= 0.6 is 12.2 Å². The van der Waals surface area contributed by atoms with Crippen LogP contribution in [0.4, 0.5) is 0 Å². The molecule has 0 spiro atoms. The lowest BCUT2D eigenvalue weighted by Crippen LogP contribution is -3.12. The number of hydrogen-bond acceptors (Lipinski definition) is 5. The summed E-state index contributed by atoms with van der Waals surface area (Å²) in [6.45, 7) is 2.54. The van der Waals surface area contributed by atoms with Crippen LogP contribution in [0.1, 0.15) is 12.8 Å². The Morgan fingerprint density at radius 1 is 1.27 bits per heavy atom. The molecule has 2 aromatic rings. The van der Waals surface area contributed by atoms with Gasteiger partial charge in [-0.15, -0.1) is 0 Å². The lowest BCUT2D eigenvalue weighted by Gasteiger charge is -2.25. The van der Waals surface area contributed by atoms with Crippen LogP contribution in [0.2, 0.25) is 0 Å². The van der Waals surface area contributed by atoms with Gasteiger partial charge in [-0.2, -0.15) is 9.36 Å². The van der Waals surface area contributed by atoms with Gasteiger partial charge in [-0.05, 0) is 46.9 Å². The van der Waals surface area contributed by atoms with Crippen molar-refractivity contribution < 1.29 is 14.7 Å². The predicted octanol–water partition coefficient (Wildman–Crippen LogP) is -0.196. The average molecular weight is 322 g/mol. The Labute approximate surface area is 133 Å². The Bertz CT molecular complexity index is 673. The third-order valence-electron chi connectivity index (χ3n) is 3.99. The highest BCUT2D eigenvalue weighted by atomic mass is 32.1. The molecule has 7 nitrogen and oxygen atoms in total. The van der Waals surface area contributed by atoms with Gasteiger partial charge in [-0.25, -0.2) is 0 Å². The SMILES string of the molecule is COc1ccc(-n2nnn(C[NH+]3CCC(O)CC3)c2=S)cc1.